The fourth-order valence-corrected chi connectivity index (χ4v) is 2.55. The summed E-state index contributed by atoms with van der Waals surface area (Å²) < 4.78 is 5.82. The summed E-state index contributed by atoms with van der Waals surface area (Å²) in [5.74, 6) is 1.59. The van der Waals surface area contributed by atoms with Gasteiger partial charge >= 0.3 is 0 Å². The molecule has 3 rings (SSSR count). The molecule has 0 aliphatic heterocycles. The van der Waals surface area contributed by atoms with Gasteiger partial charge < -0.3 is 15.4 Å². The fourth-order valence-electron chi connectivity index (χ4n) is 2.55. The molecule has 140 valence electrons. The Kier molecular flexibility index (Phi) is 5.49. The summed E-state index contributed by atoms with van der Waals surface area (Å²) in [6, 6.07) is 7.60. The van der Waals surface area contributed by atoms with Crippen LogP contribution in [0.15, 0.2) is 36.7 Å². The van der Waals surface area contributed by atoms with E-state index in [1.807, 2.05) is 38.1 Å². The smallest absolute Gasteiger partial charge is 0.237 e. The van der Waals surface area contributed by atoms with Crippen molar-refractivity contribution in [2.75, 3.05) is 10.6 Å². The zero-order valence-corrected chi connectivity index (χ0v) is 15.9. The van der Waals surface area contributed by atoms with Gasteiger partial charge in [0.1, 0.15) is 5.82 Å². The van der Waals surface area contributed by atoms with Gasteiger partial charge in [0, 0.05) is 18.5 Å². The predicted molar refractivity (Wildman–Crippen MR) is 106 cm³/mol. The molecule has 1 amide bonds. The molecule has 0 unspecified atom stereocenters. The van der Waals surface area contributed by atoms with Crippen molar-refractivity contribution in [2.24, 2.45) is 0 Å². The van der Waals surface area contributed by atoms with Crippen LogP contribution in [0.1, 0.15) is 32.9 Å². The first-order chi connectivity index (χ1) is 13.0. The Balaban J connectivity index is 1.86. The highest BCUT2D eigenvalue weighted by atomic mass is 16.5. The second-order valence-corrected chi connectivity index (χ2v) is 6.38. The molecule has 0 saturated carbocycles. The normalized spacial score (nSPS) is 11.9. The van der Waals surface area contributed by atoms with Gasteiger partial charge in [-0.25, -0.2) is 4.98 Å². The van der Waals surface area contributed by atoms with Gasteiger partial charge in [-0.15, -0.1) is 0 Å². The number of ether oxygens (including phenoxy) is 1. The van der Waals surface area contributed by atoms with Crippen molar-refractivity contribution in [3.63, 3.8) is 0 Å². The van der Waals surface area contributed by atoms with Crippen molar-refractivity contribution in [1.29, 1.82) is 0 Å². The number of carbonyl (C=O) groups excluding carboxylic acids is 1. The first-order valence-corrected chi connectivity index (χ1v) is 8.90. The maximum absolute atomic E-state index is 11.4. The van der Waals surface area contributed by atoms with Crippen molar-refractivity contribution < 1.29 is 9.53 Å². The maximum atomic E-state index is 11.4. The molecule has 0 radical (unpaired) electrons. The van der Waals surface area contributed by atoms with Gasteiger partial charge in [-0.2, -0.15) is 4.98 Å². The second kappa shape index (κ2) is 7.99. The van der Waals surface area contributed by atoms with Crippen molar-refractivity contribution in [3.8, 4) is 5.88 Å². The summed E-state index contributed by atoms with van der Waals surface area (Å²) >= 11 is 0. The number of fused-ring (bicyclic) bond motifs is 1. The summed E-state index contributed by atoms with van der Waals surface area (Å²) in [5, 5.41) is 7.80. The molecule has 2 aromatic heterocycles. The van der Waals surface area contributed by atoms with Crippen LogP contribution >= 0.6 is 0 Å². The van der Waals surface area contributed by atoms with Crippen LogP contribution in [-0.4, -0.2) is 27.0 Å². The van der Waals surface area contributed by atoms with E-state index in [4.69, 9.17) is 4.74 Å². The number of nitrogens with one attached hydrogen (secondary N) is 2. The number of hydrogen-bond donors (Lipinski definition) is 2. The molecule has 0 aliphatic rings. The molecule has 7 heteroatoms. The first kappa shape index (κ1) is 18.6. The van der Waals surface area contributed by atoms with Crippen LogP contribution in [0.25, 0.3) is 10.8 Å². The highest BCUT2D eigenvalue weighted by molar-refractivity contribution is 6.01. The van der Waals surface area contributed by atoms with E-state index in [0.29, 0.717) is 17.5 Å². The highest BCUT2D eigenvalue weighted by Crippen LogP contribution is 2.26. The number of amides is 1. The molecule has 7 nitrogen and oxygen atoms in total. The van der Waals surface area contributed by atoms with Gasteiger partial charge in [0.05, 0.1) is 23.7 Å². The molecule has 3 aromatic rings. The molecule has 0 saturated heterocycles. The number of aryl methyl sites for hydroxylation is 1. The summed E-state index contributed by atoms with van der Waals surface area (Å²) in [6.07, 6.45) is 4.33. The lowest BCUT2D eigenvalue weighted by atomic mass is 10.1. The fraction of sp³-hybridized carbons (Fsp3) is 0.300. The minimum Gasteiger partial charge on any atom is -0.473 e. The average molecular weight is 365 g/mol. The highest BCUT2D eigenvalue weighted by Gasteiger charge is 2.10. The molecule has 2 N–H and O–H groups in total. The van der Waals surface area contributed by atoms with E-state index in [9.17, 15) is 4.79 Å². The molecule has 27 heavy (non-hydrogen) atoms. The largest absolute Gasteiger partial charge is 0.473 e. The van der Waals surface area contributed by atoms with Crippen molar-refractivity contribution in [3.05, 3.63) is 42.4 Å². The maximum Gasteiger partial charge on any atom is 0.237 e. The van der Waals surface area contributed by atoms with Gasteiger partial charge in [0.2, 0.25) is 11.8 Å². The lowest BCUT2D eigenvalue weighted by Gasteiger charge is -2.14. The van der Waals surface area contributed by atoms with Crippen LogP contribution in [0, 0.1) is 6.92 Å². The quantitative estimate of drug-likeness (QED) is 0.680. The van der Waals surface area contributed by atoms with Crippen LogP contribution in [0.2, 0.25) is 0 Å². The Hall–Kier alpha value is -3.22. The molecule has 0 spiro atoms. The molecule has 1 atom stereocenters. The monoisotopic (exact) mass is 365 g/mol. The number of carbonyl (C=O) groups is 1. The Morgan fingerprint density at radius 1 is 1.22 bits per heavy atom. The third kappa shape index (κ3) is 4.49. The van der Waals surface area contributed by atoms with Crippen molar-refractivity contribution >= 4 is 34.0 Å². The first-order valence-electron chi connectivity index (χ1n) is 8.90. The van der Waals surface area contributed by atoms with E-state index in [-0.39, 0.29) is 12.0 Å². The molecule has 2 heterocycles. The van der Waals surface area contributed by atoms with Crippen LogP contribution in [0.4, 0.5) is 17.3 Å². The number of pyridine rings is 1. The molecular weight excluding hydrogens is 342 g/mol. The molecule has 0 aliphatic carbocycles. The number of anilines is 3. The SMILES string of the molecule is CC[C@@H](C)Oc1nc(Nc2cc3cccc(NC(C)=O)c3cn2)cnc1C. The number of rotatable bonds is 6. The van der Waals surface area contributed by atoms with Gasteiger partial charge in [-0.3, -0.25) is 9.78 Å². The van der Waals surface area contributed by atoms with Crippen molar-refractivity contribution in [2.45, 2.75) is 40.2 Å². The second-order valence-electron chi connectivity index (χ2n) is 6.38. The van der Waals surface area contributed by atoms with Crippen LogP contribution in [-0.2, 0) is 4.79 Å². The third-order valence-electron chi connectivity index (χ3n) is 4.13. The van der Waals surface area contributed by atoms with Crippen molar-refractivity contribution in [1.82, 2.24) is 15.0 Å². The van der Waals surface area contributed by atoms with E-state index in [1.165, 1.54) is 6.92 Å². The topological polar surface area (TPSA) is 89.0 Å². The van der Waals surface area contributed by atoms with E-state index in [0.717, 1.165) is 28.6 Å². The third-order valence-corrected chi connectivity index (χ3v) is 4.13. The summed E-state index contributed by atoms with van der Waals surface area (Å²) in [4.78, 5) is 24.6. The Bertz CT molecular complexity index is 974. The standard InChI is InChI=1S/C20H23N5O2/c1-5-12(2)27-20-13(3)21-11-19(25-20)24-18-9-15-7-6-8-17(23-14(4)26)16(15)10-22-18/h6-12H,5H2,1-4H3,(H,23,26)(H,22,24,25)/t12-/m1/s1. The van der Waals surface area contributed by atoms with Gasteiger partial charge in [0.25, 0.3) is 0 Å². The number of hydrogen-bond acceptors (Lipinski definition) is 6. The minimum absolute atomic E-state index is 0.0687. The molecular formula is C20H23N5O2. The lowest BCUT2D eigenvalue weighted by Crippen LogP contribution is -2.13. The van der Waals surface area contributed by atoms with E-state index < -0.39 is 0 Å². The Labute approximate surface area is 158 Å². The lowest BCUT2D eigenvalue weighted by molar-refractivity contribution is -0.114. The number of benzene rings is 1. The average Bonchev–Trinajstić information content (AvgIpc) is 2.64. The zero-order chi connectivity index (χ0) is 19.4. The summed E-state index contributed by atoms with van der Waals surface area (Å²) in [6.45, 7) is 7.41. The molecule has 0 fully saturated rings. The van der Waals surface area contributed by atoms with Crippen LogP contribution in [0.3, 0.4) is 0 Å². The number of nitrogens with zero attached hydrogens (tertiary/aromatic N) is 3. The predicted octanol–water partition coefficient (Wildman–Crippen LogP) is 4.21. The van der Waals surface area contributed by atoms with Crippen LogP contribution < -0.4 is 15.4 Å². The van der Waals surface area contributed by atoms with E-state index in [2.05, 4.69) is 32.5 Å². The van der Waals surface area contributed by atoms with Gasteiger partial charge in [-0.05, 0) is 37.8 Å². The zero-order valence-electron chi connectivity index (χ0n) is 15.9. The van der Waals surface area contributed by atoms with Crippen LogP contribution in [0.5, 0.6) is 5.88 Å². The summed E-state index contributed by atoms with van der Waals surface area (Å²) in [5.41, 5.74) is 1.48. The minimum atomic E-state index is -0.117. The molecule has 0 bridgehead atoms. The van der Waals surface area contributed by atoms with Gasteiger partial charge in [0.15, 0.2) is 5.82 Å². The Morgan fingerprint density at radius 2 is 2.04 bits per heavy atom. The molecule has 1 aromatic carbocycles. The number of aromatic nitrogens is 3. The summed E-state index contributed by atoms with van der Waals surface area (Å²) in [7, 11) is 0. The van der Waals surface area contributed by atoms with E-state index in [1.54, 1.807) is 12.4 Å². The van der Waals surface area contributed by atoms with Gasteiger partial charge in [-0.1, -0.05) is 19.1 Å². The Morgan fingerprint density at radius 3 is 2.78 bits per heavy atom. The van der Waals surface area contributed by atoms with E-state index >= 15 is 0 Å².